The largest absolute Gasteiger partial charge is 0.376 e. The normalized spacial score (nSPS) is 11.5. The van der Waals surface area contributed by atoms with Crippen LogP contribution in [0.5, 0.6) is 0 Å². The molecular formula is C17H18BrF2N. The Balaban J connectivity index is 2.10. The monoisotopic (exact) mass is 353 g/mol. The summed E-state index contributed by atoms with van der Waals surface area (Å²) < 4.78 is 27.8. The highest BCUT2D eigenvalue weighted by Gasteiger charge is 2.13. The Labute approximate surface area is 132 Å². The summed E-state index contributed by atoms with van der Waals surface area (Å²) in [5, 5.41) is 2.81. The SMILES string of the molecule is CC(C)(C)c1ccc(CNc2c(F)cc(Br)cc2F)cc1. The van der Waals surface area contributed by atoms with Crippen molar-refractivity contribution in [3.05, 3.63) is 63.6 Å². The van der Waals surface area contributed by atoms with Crippen LogP contribution in [0.15, 0.2) is 40.9 Å². The van der Waals surface area contributed by atoms with E-state index in [2.05, 4.69) is 42.0 Å². The molecule has 0 aliphatic rings. The van der Waals surface area contributed by atoms with Crippen molar-refractivity contribution < 1.29 is 8.78 Å². The zero-order valence-electron chi connectivity index (χ0n) is 12.3. The smallest absolute Gasteiger partial charge is 0.150 e. The van der Waals surface area contributed by atoms with Gasteiger partial charge in [-0.2, -0.15) is 0 Å². The van der Waals surface area contributed by atoms with Crippen molar-refractivity contribution in [2.75, 3.05) is 5.32 Å². The summed E-state index contributed by atoms with van der Waals surface area (Å²) in [4.78, 5) is 0. The predicted molar refractivity (Wildman–Crippen MR) is 86.5 cm³/mol. The minimum Gasteiger partial charge on any atom is -0.376 e. The van der Waals surface area contributed by atoms with Crippen LogP contribution in [-0.4, -0.2) is 0 Å². The van der Waals surface area contributed by atoms with Gasteiger partial charge in [-0.05, 0) is 28.7 Å². The summed E-state index contributed by atoms with van der Waals surface area (Å²) in [5.74, 6) is -1.21. The van der Waals surface area contributed by atoms with Crippen LogP contribution in [0.25, 0.3) is 0 Å². The van der Waals surface area contributed by atoms with Gasteiger partial charge >= 0.3 is 0 Å². The molecule has 4 heteroatoms. The van der Waals surface area contributed by atoms with E-state index in [9.17, 15) is 8.78 Å². The van der Waals surface area contributed by atoms with Crippen LogP contribution < -0.4 is 5.32 Å². The van der Waals surface area contributed by atoms with Crippen molar-refractivity contribution in [2.45, 2.75) is 32.7 Å². The third kappa shape index (κ3) is 4.03. The third-order valence-electron chi connectivity index (χ3n) is 3.30. The first kappa shape index (κ1) is 16.0. The standard InChI is InChI=1S/C17H18BrF2N/c1-17(2,3)12-6-4-11(5-7-12)10-21-16-14(19)8-13(18)9-15(16)20/h4-9,21H,10H2,1-3H3. The molecule has 2 rings (SSSR count). The lowest BCUT2D eigenvalue weighted by atomic mass is 9.87. The zero-order chi connectivity index (χ0) is 15.6. The minimum atomic E-state index is -0.604. The molecule has 1 N–H and O–H groups in total. The molecule has 0 unspecified atom stereocenters. The molecule has 112 valence electrons. The Morgan fingerprint density at radius 2 is 1.52 bits per heavy atom. The fourth-order valence-electron chi connectivity index (χ4n) is 2.02. The maximum Gasteiger partial charge on any atom is 0.150 e. The number of nitrogens with one attached hydrogen (secondary N) is 1. The summed E-state index contributed by atoms with van der Waals surface area (Å²) in [6, 6.07) is 10.5. The second-order valence-electron chi connectivity index (χ2n) is 6.04. The van der Waals surface area contributed by atoms with Crippen LogP contribution in [0.1, 0.15) is 31.9 Å². The maximum absolute atomic E-state index is 13.7. The highest BCUT2D eigenvalue weighted by molar-refractivity contribution is 9.10. The minimum absolute atomic E-state index is 0.0931. The third-order valence-corrected chi connectivity index (χ3v) is 3.75. The number of hydrogen-bond donors (Lipinski definition) is 1. The van der Waals surface area contributed by atoms with Gasteiger partial charge in [0.1, 0.15) is 17.3 Å². The molecule has 2 aromatic rings. The Hall–Kier alpha value is -1.42. The van der Waals surface area contributed by atoms with Crippen molar-refractivity contribution in [2.24, 2.45) is 0 Å². The van der Waals surface area contributed by atoms with Crippen LogP contribution in [-0.2, 0) is 12.0 Å². The van der Waals surface area contributed by atoms with Crippen LogP contribution in [0, 0.1) is 11.6 Å². The van der Waals surface area contributed by atoms with E-state index < -0.39 is 11.6 Å². The van der Waals surface area contributed by atoms with E-state index >= 15 is 0 Å². The molecular weight excluding hydrogens is 336 g/mol. The number of rotatable bonds is 3. The molecule has 0 aliphatic carbocycles. The van der Waals surface area contributed by atoms with Gasteiger partial charge in [-0.3, -0.25) is 0 Å². The number of anilines is 1. The first-order chi connectivity index (χ1) is 9.77. The molecule has 0 saturated carbocycles. The first-order valence-corrected chi connectivity index (χ1v) is 7.54. The van der Waals surface area contributed by atoms with Crippen molar-refractivity contribution in [3.8, 4) is 0 Å². The molecule has 0 atom stereocenters. The first-order valence-electron chi connectivity index (χ1n) is 6.75. The number of halogens is 3. The highest BCUT2D eigenvalue weighted by Crippen LogP contribution is 2.25. The molecule has 0 radical (unpaired) electrons. The van der Waals surface area contributed by atoms with E-state index in [0.717, 1.165) is 5.56 Å². The topological polar surface area (TPSA) is 12.0 Å². The summed E-state index contributed by atoms with van der Waals surface area (Å²) in [6.45, 7) is 6.81. The van der Waals surface area contributed by atoms with Gasteiger partial charge in [-0.15, -0.1) is 0 Å². The summed E-state index contributed by atoms with van der Waals surface area (Å²) >= 11 is 3.06. The lowest BCUT2D eigenvalue weighted by molar-refractivity contribution is 0.586. The molecule has 0 heterocycles. The predicted octanol–water partition coefficient (Wildman–Crippen LogP) is 5.64. The van der Waals surface area contributed by atoms with E-state index in [1.165, 1.54) is 17.7 Å². The Bertz CT molecular complexity index is 607. The lowest BCUT2D eigenvalue weighted by Crippen LogP contribution is -2.11. The van der Waals surface area contributed by atoms with Gasteiger partial charge in [0.15, 0.2) is 0 Å². The molecule has 0 spiro atoms. The van der Waals surface area contributed by atoms with E-state index in [4.69, 9.17) is 0 Å². The van der Waals surface area contributed by atoms with Crippen LogP contribution >= 0.6 is 15.9 Å². The number of benzene rings is 2. The highest BCUT2D eigenvalue weighted by atomic mass is 79.9. The van der Waals surface area contributed by atoms with Crippen LogP contribution in [0.4, 0.5) is 14.5 Å². The van der Waals surface area contributed by atoms with E-state index in [0.29, 0.717) is 11.0 Å². The van der Waals surface area contributed by atoms with Gasteiger partial charge < -0.3 is 5.32 Å². The molecule has 0 bridgehead atoms. The fraction of sp³-hybridized carbons (Fsp3) is 0.294. The van der Waals surface area contributed by atoms with E-state index in [1.807, 2.05) is 24.3 Å². The summed E-state index contributed by atoms with van der Waals surface area (Å²) in [6.07, 6.45) is 0. The van der Waals surface area contributed by atoms with Gasteiger partial charge in [0.05, 0.1) is 0 Å². The molecule has 0 amide bonds. The van der Waals surface area contributed by atoms with Crippen molar-refractivity contribution >= 4 is 21.6 Å². The van der Waals surface area contributed by atoms with Gasteiger partial charge in [-0.25, -0.2) is 8.78 Å². The van der Waals surface area contributed by atoms with E-state index in [-0.39, 0.29) is 11.1 Å². The quantitative estimate of drug-likeness (QED) is 0.753. The Morgan fingerprint density at radius 3 is 2.00 bits per heavy atom. The summed E-state index contributed by atoms with van der Waals surface area (Å²) in [7, 11) is 0. The number of hydrogen-bond acceptors (Lipinski definition) is 1. The second kappa shape index (κ2) is 6.14. The lowest BCUT2D eigenvalue weighted by Gasteiger charge is -2.19. The van der Waals surface area contributed by atoms with E-state index in [1.54, 1.807) is 0 Å². The Kier molecular flexibility index (Phi) is 4.67. The van der Waals surface area contributed by atoms with Crippen LogP contribution in [0.2, 0.25) is 0 Å². The van der Waals surface area contributed by atoms with Crippen molar-refractivity contribution in [1.29, 1.82) is 0 Å². The molecule has 21 heavy (non-hydrogen) atoms. The molecule has 0 fully saturated rings. The zero-order valence-corrected chi connectivity index (χ0v) is 13.9. The van der Waals surface area contributed by atoms with Gasteiger partial charge in [0, 0.05) is 11.0 Å². The maximum atomic E-state index is 13.7. The molecule has 0 aromatic heterocycles. The molecule has 1 nitrogen and oxygen atoms in total. The van der Waals surface area contributed by atoms with Gasteiger partial charge in [0.25, 0.3) is 0 Å². The van der Waals surface area contributed by atoms with Crippen molar-refractivity contribution in [1.82, 2.24) is 0 Å². The average Bonchev–Trinajstić information content (AvgIpc) is 2.37. The van der Waals surface area contributed by atoms with Crippen LogP contribution in [0.3, 0.4) is 0 Å². The second-order valence-corrected chi connectivity index (χ2v) is 6.96. The fourth-order valence-corrected chi connectivity index (χ4v) is 2.43. The van der Waals surface area contributed by atoms with Crippen molar-refractivity contribution in [3.63, 3.8) is 0 Å². The molecule has 0 aliphatic heterocycles. The molecule has 0 saturated heterocycles. The average molecular weight is 354 g/mol. The molecule has 2 aromatic carbocycles. The summed E-state index contributed by atoms with van der Waals surface area (Å²) in [5.41, 5.74) is 2.20. The Morgan fingerprint density at radius 1 is 1.00 bits per heavy atom. The van der Waals surface area contributed by atoms with Gasteiger partial charge in [0.2, 0.25) is 0 Å². The van der Waals surface area contributed by atoms with Gasteiger partial charge in [-0.1, -0.05) is 61.0 Å².